The zero-order chi connectivity index (χ0) is 15.9. The second kappa shape index (κ2) is 8.18. The maximum Gasteiger partial charge on any atom is 0.240 e. The largest absolute Gasteiger partial charge is 0.495 e. The molecule has 0 aliphatic heterocycles. The summed E-state index contributed by atoms with van der Waals surface area (Å²) in [7, 11) is 1.74. The molecule has 0 fully saturated rings. The van der Waals surface area contributed by atoms with E-state index < -0.39 is 10.0 Å². The summed E-state index contributed by atoms with van der Waals surface area (Å²) in [6.45, 7) is 1.88. The molecule has 0 atom stereocenters. The van der Waals surface area contributed by atoms with Crippen molar-refractivity contribution in [3.63, 3.8) is 0 Å². The van der Waals surface area contributed by atoms with Crippen molar-refractivity contribution in [2.75, 3.05) is 53.2 Å². The summed E-state index contributed by atoms with van der Waals surface area (Å²) in [6.07, 6.45) is 0. The van der Waals surface area contributed by atoms with Gasteiger partial charge in [0.2, 0.25) is 10.0 Å². The van der Waals surface area contributed by atoms with Crippen LogP contribution < -0.4 is 15.2 Å². The number of likely N-dealkylation sites (N-methyl/N-ethyl adjacent to an activating group) is 1. The zero-order valence-corrected chi connectivity index (χ0v) is 13.4. The van der Waals surface area contributed by atoms with Crippen LogP contribution in [0.25, 0.3) is 0 Å². The lowest BCUT2D eigenvalue weighted by atomic mass is 10.3. The van der Waals surface area contributed by atoms with Crippen LogP contribution in [0.3, 0.4) is 0 Å². The SMILES string of the molecule is COc1cc(S(=O)(=O)NCCOCCN(C)C)ccc1N. The lowest BCUT2D eigenvalue weighted by molar-refractivity contribution is 0.122. The van der Waals surface area contributed by atoms with Gasteiger partial charge in [-0.3, -0.25) is 0 Å². The van der Waals surface area contributed by atoms with Crippen LogP contribution in [0.15, 0.2) is 23.1 Å². The second-order valence-electron chi connectivity index (χ2n) is 4.72. The third-order valence-electron chi connectivity index (χ3n) is 2.74. The van der Waals surface area contributed by atoms with E-state index in [0.29, 0.717) is 24.7 Å². The number of nitrogens with two attached hydrogens (primary N) is 1. The van der Waals surface area contributed by atoms with Gasteiger partial charge in [0.15, 0.2) is 0 Å². The molecule has 0 spiro atoms. The summed E-state index contributed by atoms with van der Waals surface area (Å²) in [6, 6.07) is 4.33. The molecule has 0 radical (unpaired) electrons. The van der Waals surface area contributed by atoms with E-state index in [2.05, 4.69) is 4.72 Å². The van der Waals surface area contributed by atoms with Gasteiger partial charge in [0.05, 0.1) is 30.9 Å². The van der Waals surface area contributed by atoms with E-state index in [1.165, 1.54) is 25.3 Å². The fourth-order valence-electron chi connectivity index (χ4n) is 1.54. The molecule has 1 aromatic rings. The standard InChI is InChI=1S/C13H23N3O4S/c1-16(2)7-9-20-8-6-15-21(17,18)11-4-5-12(14)13(10-11)19-3/h4-5,10,15H,6-9,14H2,1-3H3. The van der Waals surface area contributed by atoms with Crippen molar-refractivity contribution in [2.45, 2.75) is 4.90 Å². The Morgan fingerprint density at radius 3 is 2.62 bits per heavy atom. The predicted molar refractivity (Wildman–Crippen MR) is 82.0 cm³/mol. The smallest absolute Gasteiger partial charge is 0.240 e. The number of sulfonamides is 1. The monoisotopic (exact) mass is 317 g/mol. The highest BCUT2D eigenvalue weighted by molar-refractivity contribution is 7.89. The van der Waals surface area contributed by atoms with Gasteiger partial charge in [0, 0.05) is 19.2 Å². The second-order valence-corrected chi connectivity index (χ2v) is 6.48. The number of ether oxygens (including phenoxy) is 2. The molecule has 0 saturated heterocycles. The van der Waals surface area contributed by atoms with E-state index in [1.54, 1.807) is 0 Å². The van der Waals surface area contributed by atoms with Crippen LogP contribution in [0.1, 0.15) is 0 Å². The molecule has 0 aliphatic carbocycles. The van der Waals surface area contributed by atoms with Crippen molar-refractivity contribution in [1.82, 2.24) is 9.62 Å². The first-order chi connectivity index (χ1) is 9.86. The topological polar surface area (TPSA) is 93.9 Å². The number of nitrogens with one attached hydrogen (secondary N) is 1. The van der Waals surface area contributed by atoms with E-state index >= 15 is 0 Å². The summed E-state index contributed by atoms with van der Waals surface area (Å²) < 4.78 is 37.0. The van der Waals surface area contributed by atoms with Crippen LogP contribution in [0.2, 0.25) is 0 Å². The maximum absolute atomic E-state index is 12.1. The first kappa shape index (κ1) is 17.7. The summed E-state index contributed by atoms with van der Waals surface area (Å²) >= 11 is 0. The number of nitrogen functional groups attached to an aromatic ring is 1. The van der Waals surface area contributed by atoms with Gasteiger partial charge >= 0.3 is 0 Å². The highest BCUT2D eigenvalue weighted by Gasteiger charge is 2.15. The number of rotatable bonds is 9. The molecule has 0 aromatic heterocycles. The molecule has 0 heterocycles. The minimum Gasteiger partial charge on any atom is -0.495 e. The fraction of sp³-hybridized carbons (Fsp3) is 0.538. The van der Waals surface area contributed by atoms with Gasteiger partial charge in [0.25, 0.3) is 0 Å². The van der Waals surface area contributed by atoms with E-state index in [1.807, 2.05) is 19.0 Å². The van der Waals surface area contributed by atoms with Gasteiger partial charge < -0.3 is 20.1 Å². The summed E-state index contributed by atoms with van der Waals surface area (Å²) in [5, 5.41) is 0. The van der Waals surface area contributed by atoms with Gasteiger partial charge in [-0.2, -0.15) is 0 Å². The average molecular weight is 317 g/mol. The summed E-state index contributed by atoms with van der Waals surface area (Å²) in [4.78, 5) is 2.10. The molecule has 0 unspecified atom stereocenters. The van der Waals surface area contributed by atoms with Gasteiger partial charge in [-0.25, -0.2) is 13.1 Å². The van der Waals surface area contributed by atoms with E-state index in [-0.39, 0.29) is 11.4 Å². The van der Waals surface area contributed by atoms with E-state index in [0.717, 1.165) is 6.54 Å². The Balaban J connectivity index is 2.50. The van der Waals surface area contributed by atoms with Gasteiger partial charge in [-0.15, -0.1) is 0 Å². The quantitative estimate of drug-likeness (QED) is 0.497. The minimum absolute atomic E-state index is 0.113. The first-order valence-corrected chi connectivity index (χ1v) is 8.01. The lowest BCUT2D eigenvalue weighted by Crippen LogP contribution is -2.28. The third kappa shape index (κ3) is 5.88. The molecule has 1 rings (SSSR count). The van der Waals surface area contributed by atoms with Crippen molar-refractivity contribution in [3.05, 3.63) is 18.2 Å². The van der Waals surface area contributed by atoms with Gasteiger partial charge in [-0.1, -0.05) is 0 Å². The minimum atomic E-state index is -3.59. The Kier molecular flexibility index (Phi) is 6.90. The highest BCUT2D eigenvalue weighted by Crippen LogP contribution is 2.24. The Morgan fingerprint density at radius 2 is 2.00 bits per heavy atom. The number of benzene rings is 1. The van der Waals surface area contributed by atoms with Crippen molar-refractivity contribution >= 4 is 15.7 Å². The van der Waals surface area contributed by atoms with Crippen molar-refractivity contribution in [3.8, 4) is 5.75 Å². The van der Waals surface area contributed by atoms with Crippen LogP contribution in [0, 0.1) is 0 Å². The van der Waals surface area contributed by atoms with Crippen LogP contribution in [-0.2, 0) is 14.8 Å². The van der Waals surface area contributed by atoms with Crippen molar-refractivity contribution in [2.24, 2.45) is 0 Å². The molecule has 0 saturated carbocycles. The third-order valence-corrected chi connectivity index (χ3v) is 4.20. The molecule has 21 heavy (non-hydrogen) atoms. The van der Waals surface area contributed by atoms with E-state index in [9.17, 15) is 8.42 Å². The maximum atomic E-state index is 12.1. The fourth-order valence-corrected chi connectivity index (χ4v) is 2.57. The van der Waals surface area contributed by atoms with Crippen LogP contribution in [0.5, 0.6) is 5.75 Å². The number of methoxy groups -OCH3 is 1. The lowest BCUT2D eigenvalue weighted by Gasteiger charge is -2.11. The molecule has 0 bridgehead atoms. The van der Waals surface area contributed by atoms with Crippen molar-refractivity contribution < 1.29 is 17.9 Å². The Morgan fingerprint density at radius 1 is 1.29 bits per heavy atom. The van der Waals surface area contributed by atoms with Gasteiger partial charge in [0.1, 0.15) is 5.75 Å². The number of hydrogen-bond acceptors (Lipinski definition) is 6. The average Bonchev–Trinajstić information content (AvgIpc) is 2.42. The van der Waals surface area contributed by atoms with Crippen LogP contribution in [-0.4, -0.2) is 60.8 Å². The summed E-state index contributed by atoms with van der Waals surface area (Å²) in [5.74, 6) is 0.333. The number of hydrogen-bond donors (Lipinski definition) is 2. The molecule has 3 N–H and O–H groups in total. The molecular formula is C13H23N3O4S. The Hall–Kier alpha value is -1.35. The Bertz CT molecular complexity index is 546. The highest BCUT2D eigenvalue weighted by atomic mass is 32.2. The summed E-state index contributed by atoms with van der Waals surface area (Å²) in [5.41, 5.74) is 6.05. The van der Waals surface area contributed by atoms with Crippen molar-refractivity contribution in [1.29, 1.82) is 0 Å². The number of nitrogens with zero attached hydrogens (tertiary/aromatic N) is 1. The molecule has 120 valence electrons. The molecule has 0 aliphatic rings. The zero-order valence-electron chi connectivity index (χ0n) is 12.6. The molecular weight excluding hydrogens is 294 g/mol. The van der Waals surface area contributed by atoms with Crippen LogP contribution >= 0.6 is 0 Å². The molecule has 0 amide bonds. The molecule has 7 nitrogen and oxygen atoms in total. The van der Waals surface area contributed by atoms with Crippen LogP contribution in [0.4, 0.5) is 5.69 Å². The predicted octanol–water partition coefficient (Wildman–Crippen LogP) is 0.134. The number of anilines is 1. The first-order valence-electron chi connectivity index (χ1n) is 6.52. The normalized spacial score (nSPS) is 11.8. The van der Waals surface area contributed by atoms with Gasteiger partial charge in [-0.05, 0) is 26.2 Å². The molecule has 8 heteroatoms. The molecule has 1 aromatic carbocycles. The van der Waals surface area contributed by atoms with E-state index in [4.69, 9.17) is 15.2 Å². The Labute approximate surface area is 126 Å².